The van der Waals surface area contributed by atoms with Crippen molar-refractivity contribution in [1.82, 2.24) is 9.58 Å². The summed E-state index contributed by atoms with van der Waals surface area (Å²) in [5.74, 6) is 0.639. The zero-order valence-corrected chi connectivity index (χ0v) is 11.3. The van der Waals surface area contributed by atoms with Gasteiger partial charge in [0.15, 0.2) is 0 Å². The fraction of sp³-hybridized carbons (Fsp3) is 0.545. The van der Waals surface area contributed by atoms with Crippen molar-refractivity contribution >= 4 is 22.6 Å². The van der Waals surface area contributed by atoms with Gasteiger partial charge in [-0.15, -0.1) is 4.91 Å². The number of nitroso groups, excluding NO2 is 1. The first-order chi connectivity index (χ1) is 8.19. The summed E-state index contributed by atoms with van der Waals surface area (Å²) >= 11 is 2.07. The Morgan fingerprint density at radius 2 is 2.12 bits per heavy atom. The van der Waals surface area contributed by atoms with Crippen LogP contribution in [0.1, 0.15) is 18.0 Å². The predicted octanol–water partition coefficient (Wildman–Crippen LogP) is 1.55. The number of piperidine rings is 1. The second kappa shape index (κ2) is 4.08. The van der Waals surface area contributed by atoms with Crippen molar-refractivity contribution in [1.29, 1.82) is 0 Å². The Hall–Kier alpha value is -0.920. The molecule has 1 fully saturated rings. The Morgan fingerprint density at radius 1 is 1.29 bits per heavy atom. The summed E-state index contributed by atoms with van der Waals surface area (Å²) in [6.07, 6.45) is 1.06. The quantitative estimate of drug-likeness (QED) is 0.573. The van der Waals surface area contributed by atoms with E-state index in [9.17, 15) is 9.70 Å². The zero-order chi connectivity index (χ0) is 12.0. The van der Waals surface area contributed by atoms with Crippen molar-refractivity contribution in [3.63, 3.8) is 0 Å². The molecule has 17 heavy (non-hydrogen) atoms. The molecule has 90 valence electrons. The van der Waals surface area contributed by atoms with Crippen LogP contribution in [0.4, 0.5) is 0 Å². The molecule has 2 aliphatic heterocycles. The average Bonchev–Trinajstić information content (AvgIpc) is 2.34. The average molecular weight is 345 g/mol. The van der Waals surface area contributed by atoms with Crippen LogP contribution in [0, 0.1) is 14.4 Å². The summed E-state index contributed by atoms with van der Waals surface area (Å²) in [6, 6.07) is 3.88. The van der Waals surface area contributed by atoms with Crippen LogP contribution < -0.4 is 5.56 Å². The van der Waals surface area contributed by atoms with Gasteiger partial charge in [-0.05, 0) is 47.1 Å². The number of halogens is 1. The minimum Gasteiger partial charge on any atom is -0.311 e. The summed E-state index contributed by atoms with van der Waals surface area (Å²) in [4.78, 5) is 22.7. The molecule has 0 aliphatic carbocycles. The van der Waals surface area contributed by atoms with Crippen molar-refractivity contribution in [2.45, 2.75) is 18.9 Å². The van der Waals surface area contributed by atoms with E-state index in [1.807, 2.05) is 16.7 Å². The van der Waals surface area contributed by atoms with Gasteiger partial charge in [0, 0.05) is 31.2 Å². The van der Waals surface area contributed by atoms with Gasteiger partial charge in [0.05, 0.1) is 8.86 Å². The van der Waals surface area contributed by atoms with E-state index < -0.39 is 0 Å². The smallest absolute Gasteiger partial charge is 0.264 e. The molecule has 3 heterocycles. The van der Waals surface area contributed by atoms with E-state index in [-0.39, 0.29) is 11.5 Å². The molecule has 2 atom stereocenters. The molecule has 0 aromatic carbocycles. The normalized spacial score (nSPS) is 26.5. The highest BCUT2D eigenvalue weighted by molar-refractivity contribution is 14.1. The van der Waals surface area contributed by atoms with Crippen LogP contribution in [0.25, 0.3) is 0 Å². The monoisotopic (exact) mass is 345 g/mol. The Labute approximate surface area is 112 Å². The van der Waals surface area contributed by atoms with Gasteiger partial charge in [-0.2, -0.15) is 0 Å². The minimum absolute atomic E-state index is 0.102. The van der Waals surface area contributed by atoms with Crippen LogP contribution in [0.15, 0.2) is 22.2 Å². The number of nitrogens with zero attached hydrogens (tertiary/aromatic N) is 3. The van der Waals surface area contributed by atoms with E-state index in [0.29, 0.717) is 25.6 Å². The first kappa shape index (κ1) is 11.2. The molecule has 0 spiro atoms. The summed E-state index contributed by atoms with van der Waals surface area (Å²) < 4.78 is 2.64. The molecule has 3 rings (SSSR count). The molecular formula is C11H12IN3O2. The lowest BCUT2D eigenvalue weighted by Crippen LogP contribution is -2.45. The molecule has 0 amide bonds. The van der Waals surface area contributed by atoms with E-state index in [0.717, 1.165) is 15.7 Å². The van der Waals surface area contributed by atoms with E-state index >= 15 is 0 Å². The summed E-state index contributed by atoms with van der Waals surface area (Å²) in [5, 5.41) is 4.63. The van der Waals surface area contributed by atoms with E-state index in [4.69, 9.17) is 0 Å². The van der Waals surface area contributed by atoms with Gasteiger partial charge in [-0.3, -0.25) is 9.80 Å². The van der Waals surface area contributed by atoms with E-state index in [1.54, 1.807) is 5.01 Å². The van der Waals surface area contributed by atoms with Crippen molar-refractivity contribution in [2.24, 2.45) is 11.2 Å². The number of aromatic nitrogens is 1. The number of hydrogen-bond donors (Lipinski definition) is 0. The van der Waals surface area contributed by atoms with Crippen LogP contribution in [0.3, 0.4) is 0 Å². The number of hydrogen-bond acceptors (Lipinski definition) is 3. The van der Waals surface area contributed by atoms with Crippen molar-refractivity contribution < 1.29 is 0 Å². The molecule has 0 N–H and O–H groups in total. The zero-order valence-electron chi connectivity index (χ0n) is 9.17. The van der Waals surface area contributed by atoms with Crippen molar-refractivity contribution in [3.8, 4) is 0 Å². The molecule has 2 bridgehead atoms. The second-order valence-electron chi connectivity index (χ2n) is 4.77. The lowest BCUT2D eigenvalue weighted by Gasteiger charge is -2.40. The highest BCUT2D eigenvalue weighted by Crippen LogP contribution is 2.35. The van der Waals surface area contributed by atoms with Gasteiger partial charge in [-0.1, -0.05) is 0 Å². The lowest BCUT2D eigenvalue weighted by atomic mass is 9.84. The van der Waals surface area contributed by atoms with Crippen LogP contribution in [0.5, 0.6) is 0 Å². The molecule has 6 heteroatoms. The topological polar surface area (TPSA) is 54.7 Å². The molecule has 1 aromatic heterocycles. The molecule has 5 nitrogen and oxygen atoms in total. The first-order valence-corrected chi connectivity index (χ1v) is 6.74. The second-order valence-corrected chi connectivity index (χ2v) is 5.94. The molecule has 0 radical (unpaired) electrons. The van der Waals surface area contributed by atoms with Crippen LogP contribution in [-0.2, 0) is 6.54 Å². The summed E-state index contributed by atoms with van der Waals surface area (Å²) in [7, 11) is 0. The van der Waals surface area contributed by atoms with Gasteiger partial charge < -0.3 is 4.57 Å². The Morgan fingerprint density at radius 3 is 2.88 bits per heavy atom. The van der Waals surface area contributed by atoms with Gasteiger partial charge in [0.2, 0.25) is 0 Å². The fourth-order valence-corrected chi connectivity index (χ4v) is 3.43. The molecule has 0 unspecified atom stereocenters. The third-order valence-electron chi connectivity index (χ3n) is 3.65. The maximum Gasteiger partial charge on any atom is 0.264 e. The highest BCUT2D eigenvalue weighted by Gasteiger charge is 2.34. The SMILES string of the molecule is O=NN1C[C@H]2C[C@H](C1)c1ccc(I)c(=O)n1C2. The Kier molecular flexibility index (Phi) is 2.68. The van der Waals surface area contributed by atoms with Gasteiger partial charge >= 0.3 is 0 Å². The lowest BCUT2D eigenvalue weighted by molar-refractivity contribution is 0.122. The molecule has 0 saturated carbocycles. The maximum atomic E-state index is 12.1. The molecule has 2 aliphatic rings. The number of pyridine rings is 1. The number of fused-ring (bicyclic) bond motifs is 4. The molecular weight excluding hydrogens is 333 g/mol. The van der Waals surface area contributed by atoms with Gasteiger partial charge in [0.1, 0.15) is 0 Å². The predicted molar refractivity (Wildman–Crippen MR) is 71.6 cm³/mol. The highest BCUT2D eigenvalue weighted by atomic mass is 127. The van der Waals surface area contributed by atoms with Crippen LogP contribution >= 0.6 is 22.6 Å². The third-order valence-corrected chi connectivity index (χ3v) is 4.48. The summed E-state index contributed by atoms with van der Waals surface area (Å²) in [5.41, 5.74) is 1.16. The third kappa shape index (κ3) is 1.78. The Balaban J connectivity index is 2.07. The van der Waals surface area contributed by atoms with Crippen molar-refractivity contribution in [3.05, 3.63) is 36.7 Å². The largest absolute Gasteiger partial charge is 0.311 e. The fourth-order valence-electron chi connectivity index (χ4n) is 2.96. The van der Waals surface area contributed by atoms with E-state index in [2.05, 4.69) is 27.9 Å². The van der Waals surface area contributed by atoms with Crippen molar-refractivity contribution in [2.75, 3.05) is 13.1 Å². The van der Waals surface area contributed by atoms with Gasteiger partial charge in [-0.25, -0.2) is 0 Å². The van der Waals surface area contributed by atoms with Crippen LogP contribution in [-0.4, -0.2) is 22.7 Å². The van der Waals surface area contributed by atoms with E-state index in [1.165, 1.54) is 0 Å². The first-order valence-electron chi connectivity index (χ1n) is 5.66. The summed E-state index contributed by atoms with van der Waals surface area (Å²) in [6.45, 7) is 2.03. The molecule has 1 saturated heterocycles. The van der Waals surface area contributed by atoms with Gasteiger partial charge in [0.25, 0.3) is 5.56 Å². The maximum absolute atomic E-state index is 12.1. The Bertz CT molecular complexity index is 528. The minimum atomic E-state index is 0.102. The molecule has 1 aromatic rings. The van der Waals surface area contributed by atoms with Crippen LogP contribution in [0.2, 0.25) is 0 Å². The number of rotatable bonds is 1. The standard InChI is InChI=1S/C11H12IN3O2/c12-9-1-2-10-8-3-7(4-14(6-8)13-17)5-15(10)11(9)16/h1-2,7-8H,3-6H2/t7-,8-/m1/s1.